The number of para-hydroxylation sites is 1. The Balaban J connectivity index is 1.23. The molecule has 0 radical (unpaired) electrons. The first kappa shape index (κ1) is 41.8. The Morgan fingerprint density at radius 1 is 0.754 bits per heavy atom. The fourth-order valence-corrected chi connectivity index (χ4v) is 7.64. The molecular formula is C42H43Cl4N7O4. The monoisotopic (exact) mass is 849 g/mol. The molecule has 6 aromatic rings. The molecule has 0 atom stereocenters. The average Bonchev–Trinajstić information content (AvgIpc) is 3.74. The summed E-state index contributed by atoms with van der Waals surface area (Å²) in [7, 11) is 0. The number of ether oxygens (including phenoxy) is 1. The van der Waals surface area contributed by atoms with E-state index < -0.39 is 11.5 Å². The third-order valence-corrected chi connectivity index (χ3v) is 10.6. The third kappa shape index (κ3) is 10.8. The highest BCUT2D eigenvalue weighted by molar-refractivity contribution is 6.40. The van der Waals surface area contributed by atoms with Crippen LogP contribution in [0.2, 0.25) is 20.1 Å². The molecule has 11 nitrogen and oxygen atoms in total. The number of unbranched alkanes of at least 4 members (excludes halogenated alkanes) is 10. The zero-order valence-corrected chi connectivity index (χ0v) is 34.4. The van der Waals surface area contributed by atoms with E-state index in [4.69, 9.17) is 51.1 Å². The van der Waals surface area contributed by atoms with Crippen LogP contribution in [0.25, 0.3) is 22.4 Å². The quantitative estimate of drug-likeness (QED) is 0.0419. The normalized spacial score (nSPS) is 11.2. The second-order valence-corrected chi connectivity index (χ2v) is 15.4. The number of nitrogens with one attached hydrogen (secondary N) is 3. The first-order valence-corrected chi connectivity index (χ1v) is 20.6. The molecule has 0 fully saturated rings. The number of carbonyl (C=O) groups excluding carboxylic acids is 2. The maximum Gasteiger partial charge on any atom is 0.343 e. The number of esters is 1. The van der Waals surface area contributed by atoms with Crippen LogP contribution in [0.3, 0.4) is 0 Å². The lowest BCUT2D eigenvalue weighted by atomic mass is 10.1. The van der Waals surface area contributed by atoms with Gasteiger partial charge in [-0.2, -0.15) is 0 Å². The van der Waals surface area contributed by atoms with E-state index in [0.29, 0.717) is 39.6 Å². The van der Waals surface area contributed by atoms with Crippen LogP contribution in [-0.4, -0.2) is 36.7 Å². The summed E-state index contributed by atoms with van der Waals surface area (Å²) in [6.07, 6.45) is 13.6. The van der Waals surface area contributed by atoms with Crippen LogP contribution in [0.15, 0.2) is 83.7 Å². The number of H-pyrrole nitrogens is 1. The number of aromatic nitrogens is 5. The lowest BCUT2D eigenvalue weighted by molar-refractivity contribution is -0.116. The first-order valence-electron chi connectivity index (χ1n) is 19.1. The molecule has 0 spiro atoms. The molecule has 0 aliphatic heterocycles. The maximum atomic E-state index is 14.4. The Morgan fingerprint density at radius 3 is 2.11 bits per heavy atom. The van der Waals surface area contributed by atoms with Gasteiger partial charge in [0, 0.05) is 17.1 Å². The highest BCUT2D eigenvalue weighted by Gasteiger charge is 2.25. The van der Waals surface area contributed by atoms with Crippen molar-refractivity contribution in [2.45, 2.75) is 84.0 Å². The van der Waals surface area contributed by atoms with E-state index in [9.17, 15) is 14.4 Å². The standard InChI is InChI=1S/C42H43Cl4N7O4/c1-2-3-4-5-6-7-8-9-10-11-15-18-37(54)47-29-20-21-31(44)35(26-29)48-40-39(41(55)53(50-40)38-32(45)24-28(43)25-33(38)46)52-36-23-27(19-22-34(36)49-51-52)42(56)57-30-16-13-12-14-17-30/h12-14,16-17,19-26,48,50H,2-11,15,18H2,1H3,(H,47,54). The number of aromatic amines is 1. The van der Waals surface area contributed by atoms with Crippen molar-refractivity contribution in [1.29, 1.82) is 0 Å². The van der Waals surface area contributed by atoms with Crippen molar-refractivity contribution in [2.24, 2.45) is 0 Å². The number of hydrogen-bond donors (Lipinski definition) is 3. The van der Waals surface area contributed by atoms with Gasteiger partial charge in [-0.1, -0.05) is 141 Å². The molecule has 4 aromatic carbocycles. The minimum absolute atomic E-state index is 0.0323. The molecule has 0 aliphatic carbocycles. The van der Waals surface area contributed by atoms with Gasteiger partial charge >= 0.3 is 5.97 Å². The smallest absolute Gasteiger partial charge is 0.343 e. The minimum Gasteiger partial charge on any atom is -0.423 e. The van der Waals surface area contributed by atoms with Crippen molar-refractivity contribution in [3.63, 3.8) is 0 Å². The number of fused-ring (bicyclic) bond motifs is 1. The van der Waals surface area contributed by atoms with Crippen LogP contribution < -0.4 is 20.9 Å². The summed E-state index contributed by atoms with van der Waals surface area (Å²) < 4.78 is 7.98. The van der Waals surface area contributed by atoms with Crippen molar-refractivity contribution >= 4 is 86.5 Å². The number of amides is 1. The molecule has 0 unspecified atom stereocenters. The van der Waals surface area contributed by atoms with Crippen LogP contribution in [0, 0.1) is 0 Å². The molecule has 57 heavy (non-hydrogen) atoms. The summed E-state index contributed by atoms with van der Waals surface area (Å²) in [5.74, 6) is -0.232. The first-order chi connectivity index (χ1) is 27.6. The maximum absolute atomic E-state index is 14.4. The summed E-state index contributed by atoms with van der Waals surface area (Å²) in [5, 5.41) is 18.5. The SMILES string of the molecule is CCCCCCCCCCCCCC(=O)Nc1ccc(Cl)c(Nc2[nH]n(-c3c(Cl)cc(Cl)cc3Cl)c(=O)c2-n2nnc3ccc(C(=O)Oc4ccccc4)cc32)c1. The van der Waals surface area contributed by atoms with Gasteiger partial charge in [0.05, 0.1) is 31.8 Å². The second kappa shape index (κ2) is 20.1. The van der Waals surface area contributed by atoms with Crippen LogP contribution in [0.4, 0.5) is 17.2 Å². The summed E-state index contributed by atoms with van der Waals surface area (Å²) >= 11 is 26.0. The number of hydrogen-bond acceptors (Lipinski definition) is 7. The molecular weight excluding hydrogens is 808 g/mol. The van der Waals surface area contributed by atoms with Gasteiger partial charge in [0.25, 0.3) is 5.56 Å². The lowest BCUT2D eigenvalue weighted by Gasteiger charge is -2.12. The van der Waals surface area contributed by atoms with Crippen LogP contribution in [-0.2, 0) is 4.79 Å². The molecule has 0 bridgehead atoms. The summed E-state index contributed by atoms with van der Waals surface area (Å²) in [4.78, 5) is 40.5. The topological polar surface area (TPSA) is 136 Å². The van der Waals surface area contributed by atoms with Gasteiger partial charge < -0.3 is 15.4 Å². The number of nitrogens with zero attached hydrogens (tertiary/aromatic N) is 4. The van der Waals surface area contributed by atoms with Gasteiger partial charge in [-0.3, -0.25) is 14.7 Å². The predicted octanol–water partition coefficient (Wildman–Crippen LogP) is 12.1. The number of halogens is 4. The van der Waals surface area contributed by atoms with E-state index in [0.717, 1.165) is 23.9 Å². The lowest BCUT2D eigenvalue weighted by Crippen LogP contribution is -2.19. The Kier molecular flexibility index (Phi) is 14.7. The number of benzene rings is 4. The van der Waals surface area contributed by atoms with Gasteiger partial charge in [0.1, 0.15) is 17.0 Å². The third-order valence-electron chi connectivity index (χ3n) is 9.44. The molecule has 0 saturated heterocycles. The Labute approximate surface area is 350 Å². The predicted molar refractivity (Wildman–Crippen MR) is 230 cm³/mol. The highest BCUT2D eigenvalue weighted by atomic mass is 35.5. The zero-order valence-electron chi connectivity index (χ0n) is 31.4. The highest BCUT2D eigenvalue weighted by Crippen LogP contribution is 2.35. The molecule has 0 aliphatic rings. The van der Waals surface area contributed by atoms with Gasteiger partial charge in [0.15, 0.2) is 11.5 Å². The molecule has 15 heteroatoms. The number of rotatable bonds is 19. The van der Waals surface area contributed by atoms with Crippen LogP contribution >= 0.6 is 46.4 Å². The Bertz CT molecular complexity index is 2370. The molecule has 1 amide bonds. The fourth-order valence-electron chi connectivity index (χ4n) is 6.49. The van der Waals surface area contributed by atoms with E-state index in [1.54, 1.807) is 54.6 Å². The number of anilines is 3. The van der Waals surface area contributed by atoms with Crippen molar-refractivity contribution < 1.29 is 14.3 Å². The van der Waals surface area contributed by atoms with Crippen LogP contribution in [0.1, 0.15) is 94.3 Å². The second-order valence-electron chi connectivity index (χ2n) is 13.8. The van der Waals surface area contributed by atoms with Crippen molar-refractivity contribution in [1.82, 2.24) is 24.8 Å². The van der Waals surface area contributed by atoms with E-state index in [1.807, 2.05) is 6.07 Å². The van der Waals surface area contributed by atoms with Gasteiger partial charge in [-0.15, -0.1) is 5.10 Å². The summed E-state index contributed by atoms with van der Waals surface area (Å²) in [5.41, 5.74) is 1.27. The Hall–Kier alpha value is -4.81. The van der Waals surface area contributed by atoms with E-state index in [-0.39, 0.29) is 43.7 Å². The fraction of sp³-hybridized carbons (Fsp3) is 0.310. The van der Waals surface area contributed by atoms with Gasteiger partial charge in [-0.05, 0) is 67.1 Å². The molecule has 2 heterocycles. The van der Waals surface area contributed by atoms with Crippen molar-refractivity contribution in [3.05, 3.63) is 115 Å². The molecule has 2 aromatic heterocycles. The van der Waals surface area contributed by atoms with E-state index in [2.05, 4.69) is 33.0 Å². The minimum atomic E-state index is -0.625. The molecule has 0 saturated carbocycles. The van der Waals surface area contributed by atoms with E-state index >= 15 is 0 Å². The molecule has 6 rings (SSSR count). The molecule has 3 N–H and O–H groups in total. The van der Waals surface area contributed by atoms with E-state index in [1.165, 1.54) is 74.2 Å². The zero-order chi connectivity index (χ0) is 40.3. The summed E-state index contributed by atoms with van der Waals surface area (Å²) in [6.45, 7) is 2.23. The largest absolute Gasteiger partial charge is 0.423 e. The van der Waals surface area contributed by atoms with Crippen molar-refractivity contribution in [3.8, 4) is 17.1 Å². The average molecular weight is 852 g/mol. The number of carbonyl (C=O) groups is 2. The molecule has 298 valence electrons. The van der Waals surface area contributed by atoms with Crippen LogP contribution in [0.5, 0.6) is 5.75 Å². The summed E-state index contributed by atoms with van der Waals surface area (Å²) in [6, 6.07) is 21.3. The van der Waals surface area contributed by atoms with Gasteiger partial charge in [-0.25, -0.2) is 14.2 Å². The Morgan fingerprint density at radius 2 is 1.42 bits per heavy atom. The van der Waals surface area contributed by atoms with Crippen molar-refractivity contribution in [2.75, 3.05) is 10.6 Å². The van der Waals surface area contributed by atoms with Gasteiger partial charge in [0.2, 0.25) is 5.91 Å².